The molecular weight excluding hydrogens is 378 g/mol. The maximum Gasteiger partial charge on any atom is 0.320 e. The van der Waals surface area contributed by atoms with Crippen molar-refractivity contribution in [2.45, 2.75) is 18.4 Å². The van der Waals surface area contributed by atoms with Crippen molar-refractivity contribution >= 4 is 21.6 Å². The van der Waals surface area contributed by atoms with Gasteiger partial charge < -0.3 is 4.90 Å². The molecule has 3 heterocycles. The average molecular weight is 397 g/mol. The van der Waals surface area contributed by atoms with E-state index in [2.05, 4.69) is 10.2 Å². The fraction of sp³-hybridized carbons (Fsp3) is 0.500. The number of aromatic nitrogens is 4. The van der Waals surface area contributed by atoms with E-state index in [-0.39, 0.29) is 42.5 Å². The normalized spacial score (nSPS) is 15.9. The third-order valence-electron chi connectivity index (χ3n) is 4.31. The number of carbonyl (C=O) groups excluding carboxylic acids is 1. The maximum absolute atomic E-state index is 12.6. The molecular formula is C14H19N7O5S. The Morgan fingerprint density at radius 3 is 2.44 bits per heavy atom. The molecule has 0 unspecified atom stereocenters. The van der Waals surface area contributed by atoms with Gasteiger partial charge >= 0.3 is 5.69 Å². The summed E-state index contributed by atoms with van der Waals surface area (Å²) in [6, 6.07) is 0. The van der Waals surface area contributed by atoms with Crippen LogP contribution >= 0.6 is 0 Å². The molecule has 12 nitrogen and oxygen atoms in total. The van der Waals surface area contributed by atoms with Gasteiger partial charge in [0.15, 0.2) is 0 Å². The Labute approximate surface area is 155 Å². The SMILES string of the molecule is CCn1cc([N+](=O)[O-])c(C(=O)N2CCN(S(=O)(=O)c3cnn(C)c3)CC2)n1. The number of hydrogen-bond donors (Lipinski definition) is 0. The van der Waals surface area contributed by atoms with Crippen LogP contribution in [0, 0.1) is 10.1 Å². The second-order valence-electron chi connectivity index (χ2n) is 6.02. The number of amides is 1. The van der Waals surface area contributed by atoms with Crippen LogP contribution in [0.5, 0.6) is 0 Å². The van der Waals surface area contributed by atoms with Gasteiger partial charge in [0.2, 0.25) is 15.7 Å². The van der Waals surface area contributed by atoms with Crippen molar-refractivity contribution in [3.05, 3.63) is 34.4 Å². The van der Waals surface area contributed by atoms with E-state index < -0.39 is 20.9 Å². The van der Waals surface area contributed by atoms with Gasteiger partial charge in [-0.25, -0.2) is 8.42 Å². The van der Waals surface area contributed by atoms with Gasteiger partial charge in [0.1, 0.15) is 11.1 Å². The first-order valence-corrected chi connectivity index (χ1v) is 9.68. The summed E-state index contributed by atoms with van der Waals surface area (Å²) in [5, 5.41) is 19.0. The number of carbonyl (C=O) groups is 1. The number of rotatable bonds is 5. The second kappa shape index (κ2) is 7.08. The number of piperazine rings is 1. The van der Waals surface area contributed by atoms with Crippen LogP contribution in [-0.2, 0) is 23.6 Å². The predicted octanol–water partition coefficient (Wildman–Crippen LogP) is -0.309. The minimum atomic E-state index is -3.69. The molecule has 1 amide bonds. The molecule has 0 N–H and O–H groups in total. The summed E-state index contributed by atoms with van der Waals surface area (Å²) in [5.41, 5.74) is -0.585. The van der Waals surface area contributed by atoms with E-state index in [0.29, 0.717) is 6.54 Å². The summed E-state index contributed by atoms with van der Waals surface area (Å²) in [6.07, 6.45) is 3.90. The lowest BCUT2D eigenvalue weighted by Crippen LogP contribution is -2.50. The molecule has 3 rings (SSSR count). The Hall–Kier alpha value is -2.80. The van der Waals surface area contributed by atoms with Crippen LogP contribution in [0.4, 0.5) is 5.69 Å². The van der Waals surface area contributed by atoms with Crippen LogP contribution in [0.1, 0.15) is 17.4 Å². The highest BCUT2D eigenvalue weighted by atomic mass is 32.2. The number of nitrogens with zero attached hydrogens (tertiary/aromatic N) is 7. The molecule has 2 aromatic heterocycles. The van der Waals surface area contributed by atoms with Crippen molar-refractivity contribution in [3.8, 4) is 0 Å². The lowest BCUT2D eigenvalue weighted by atomic mass is 10.3. The first-order valence-electron chi connectivity index (χ1n) is 8.24. The van der Waals surface area contributed by atoms with Crippen molar-refractivity contribution in [3.63, 3.8) is 0 Å². The first kappa shape index (κ1) is 19.0. The molecule has 27 heavy (non-hydrogen) atoms. The van der Waals surface area contributed by atoms with E-state index in [1.807, 2.05) is 0 Å². The maximum atomic E-state index is 12.6. The molecule has 0 aliphatic carbocycles. The third-order valence-corrected chi connectivity index (χ3v) is 6.16. The monoisotopic (exact) mass is 397 g/mol. The number of hydrogen-bond acceptors (Lipinski definition) is 7. The van der Waals surface area contributed by atoms with Crippen LogP contribution in [0.2, 0.25) is 0 Å². The minimum absolute atomic E-state index is 0.0853. The van der Waals surface area contributed by atoms with Gasteiger partial charge in [-0.1, -0.05) is 0 Å². The van der Waals surface area contributed by atoms with Crippen LogP contribution in [0.3, 0.4) is 0 Å². The van der Waals surface area contributed by atoms with Crippen molar-refractivity contribution in [2.75, 3.05) is 26.2 Å². The molecule has 1 fully saturated rings. The molecule has 0 spiro atoms. The van der Waals surface area contributed by atoms with E-state index in [1.54, 1.807) is 14.0 Å². The fourth-order valence-electron chi connectivity index (χ4n) is 2.82. The first-order chi connectivity index (χ1) is 12.7. The van der Waals surface area contributed by atoms with Gasteiger partial charge in [0, 0.05) is 46.0 Å². The Balaban J connectivity index is 1.73. The smallest absolute Gasteiger partial charge is 0.320 e. The lowest BCUT2D eigenvalue weighted by Gasteiger charge is -2.33. The van der Waals surface area contributed by atoms with Crippen molar-refractivity contribution < 1.29 is 18.1 Å². The lowest BCUT2D eigenvalue weighted by molar-refractivity contribution is -0.385. The van der Waals surface area contributed by atoms with Crippen LogP contribution in [0.25, 0.3) is 0 Å². The van der Waals surface area contributed by atoms with Crippen molar-refractivity contribution in [1.29, 1.82) is 0 Å². The van der Waals surface area contributed by atoms with Gasteiger partial charge in [-0.05, 0) is 6.92 Å². The highest BCUT2D eigenvalue weighted by molar-refractivity contribution is 7.89. The molecule has 0 aromatic carbocycles. The van der Waals surface area contributed by atoms with E-state index >= 15 is 0 Å². The minimum Gasteiger partial charge on any atom is -0.334 e. The van der Waals surface area contributed by atoms with E-state index in [4.69, 9.17) is 0 Å². The molecule has 0 atom stereocenters. The van der Waals surface area contributed by atoms with Crippen LogP contribution < -0.4 is 0 Å². The van der Waals surface area contributed by atoms with Crippen LogP contribution in [-0.4, -0.2) is 74.2 Å². The second-order valence-corrected chi connectivity index (χ2v) is 7.96. The number of aryl methyl sites for hydroxylation is 2. The molecule has 2 aromatic rings. The van der Waals surface area contributed by atoms with E-state index in [0.717, 1.165) is 0 Å². The summed E-state index contributed by atoms with van der Waals surface area (Å²) in [6.45, 7) is 2.57. The summed E-state index contributed by atoms with van der Waals surface area (Å²) >= 11 is 0. The third kappa shape index (κ3) is 3.55. The average Bonchev–Trinajstić information content (AvgIpc) is 3.28. The highest BCUT2D eigenvalue weighted by Crippen LogP contribution is 2.21. The Morgan fingerprint density at radius 1 is 1.26 bits per heavy atom. The molecule has 13 heteroatoms. The summed E-state index contributed by atoms with van der Waals surface area (Å²) in [4.78, 5) is 24.6. The molecule has 0 radical (unpaired) electrons. The number of nitro groups is 1. The molecule has 1 aliphatic rings. The zero-order chi connectivity index (χ0) is 19.8. The van der Waals surface area contributed by atoms with Crippen molar-refractivity contribution in [1.82, 2.24) is 28.8 Å². The predicted molar refractivity (Wildman–Crippen MR) is 92.4 cm³/mol. The Kier molecular flexibility index (Phi) is 4.97. The topological polar surface area (TPSA) is 136 Å². The zero-order valence-electron chi connectivity index (χ0n) is 14.8. The molecule has 0 saturated carbocycles. The summed E-state index contributed by atoms with van der Waals surface area (Å²) in [5.74, 6) is -0.577. The Morgan fingerprint density at radius 2 is 1.93 bits per heavy atom. The zero-order valence-corrected chi connectivity index (χ0v) is 15.7. The molecule has 1 aliphatic heterocycles. The van der Waals surface area contributed by atoms with Gasteiger partial charge in [-0.15, -0.1) is 0 Å². The van der Waals surface area contributed by atoms with Gasteiger partial charge in [0.25, 0.3) is 5.91 Å². The molecule has 146 valence electrons. The van der Waals surface area contributed by atoms with E-state index in [9.17, 15) is 23.3 Å². The van der Waals surface area contributed by atoms with Gasteiger partial charge in [-0.3, -0.25) is 24.3 Å². The summed E-state index contributed by atoms with van der Waals surface area (Å²) in [7, 11) is -2.07. The standard InChI is InChI=1S/C14H19N7O5S/c1-3-19-10-12(21(23)24)13(16-19)14(22)18-4-6-20(7-5-18)27(25,26)11-8-15-17(2)9-11/h8-10H,3-7H2,1-2H3. The van der Waals surface area contributed by atoms with E-state index in [1.165, 1.54) is 37.2 Å². The van der Waals surface area contributed by atoms with Gasteiger partial charge in [0.05, 0.1) is 11.1 Å². The van der Waals surface area contributed by atoms with Crippen LogP contribution in [0.15, 0.2) is 23.5 Å². The fourth-order valence-corrected chi connectivity index (χ4v) is 4.23. The highest BCUT2D eigenvalue weighted by Gasteiger charge is 2.34. The largest absolute Gasteiger partial charge is 0.334 e. The van der Waals surface area contributed by atoms with Crippen molar-refractivity contribution in [2.24, 2.45) is 7.05 Å². The summed E-state index contributed by atoms with van der Waals surface area (Å²) < 4.78 is 29.2. The Bertz CT molecular complexity index is 972. The molecule has 1 saturated heterocycles. The number of sulfonamides is 1. The molecule has 0 bridgehead atoms. The van der Waals surface area contributed by atoms with Gasteiger partial charge in [-0.2, -0.15) is 14.5 Å². The quantitative estimate of drug-likeness (QED) is 0.498.